The molecule has 0 bridgehead atoms. The molecule has 4 rings (SSSR count). The average molecular weight is 366 g/mol. The Hall–Kier alpha value is -2.07. The largest absolute Gasteiger partial charge is 0.466 e. The zero-order valence-corrected chi connectivity index (χ0v) is 17.0. The molecule has 2 N–H and O–H groups in total. The second-order valence-electron chi connectivity index (χ2n) is 8.68. The van der Waals surface area contributed by atoms with Crippen LogP contribution in [0.5, 0.6) is 0 Å². The molecule has 144 valence electrons. The van der Waals surface area contributed by atoms with E-state index < -0.39 is 0 Å². The Kier molecular flexibility index (Phi) is 4.63. The first kappa shape index (κ1) is 18.3. The predicted molar refractivity (Wildman–Crippen MR) is 109 cm³/mol. The number of hydrogen-bond acceptors (Lipinski definition) is 4. The van der Waals surface area contributed by atoms with Crippen molar-refractivity contribution in [1.29, 1.82) is 0 Å². The van der Waals surface area contributed by atoms with Crippen molar-refractivity contribution in [3.63, 3.8) is 0 Å². The van der Waals surface area contributed by atoms with Gasteiger partial charge in [-0.1, -0.05) is 6.92 Å². The molecule has 1 aromatic heterocycles. The van der Waals surface area contributed by atoms with Crippen LogP contribution in [0.4, 0.5) is 0 Å². The molecule has 4 nitrogen and oxygen atoms in total. The van der Waals surface area contributed by atoms with Gasteiger partial charge in [-0.15, -0.1) is 0 Å². The number of aromatic nitrogens is 1. The summed E-state index contributed by atoms with van der Waals surface area (Å²) in [5.41, 5.74) is 13.0. The van der Waals surface area contributed by atoms with E-state index >= 15 is 0 Å². The van der Waals surface area contributed by atoms with Gasteiger partial charge in [0.25, 0.3) is 0 Å². The number of fused-ring (bicyclic) bond motifs is 1. The molecule has 3 heterocycles. The number of pyridine rings is 1. The first-order valence-corrected chi connectivity index (χ1v) is 10.1. The van der Waals surface area contributed by atoms with Gasteiger partial charge in [-0.3, -0.25) is 4.98 Å². The summed E-state index contributed by atoms with van der Waals surface area (Å²) in [6.07, 6.45) is 7.21. The van der Waals surface area contributed by atoms with Crippen molar-refractivity contribution >= 4 is 0 Å². The van der Waals surface area contributed by atoms with Crippen LogP contribution >= 0.6 is 0 Å². The topological polar surface area (TPSA) is 51.4 Å². The second-order valence-corrected chi connectivity index (χ2v) is 8.68. The van der Waals surface area contributed by atoms with Gasteiger partial charge in [-0.2, -0.15) is 0 Å². The molecule has 1 aliphatic carbocycles. The fourth-order valence-electron chi connectivity index (χ4n) is 5.01. The number of piperidine rings is 1. The molecule has 1 aromatic rings. The summed E-state index contributed by atoms with van der Waals surface area (Å²) < 4.78 is 5.96. The van der Waals surface area contributed by atoms with Gasteiger partial charge < -0.3 is 15.4 Å². The second kappa shape index (κ2) is 6.83. The fourth-order valence-corrected chi connectivity index (χ4v) is 5.01. The summed E-state index contributed by atoms with van der Waals surface area (Å²) in [7, 11) is 0. The number of ether oxygens (including phenoxy) is 1. The lowest BCUT2D eigenvalue weighted by Gasteiger charge is -2.38. The Labute approximate surface area is 162 Å². The maximum Gasteiger partial charge on any atom is 0.104 e. The van der Waals surface area contributed by atoms with Crippen LogP contribution < -0.4 is 5.73 Å². The first-order chi connectivity index (χ1) is 12.9. The number of allylic oxidation sites excluding steroid dienone is 5. The molecule has 0 amide bonds. The number of likely N-dealkylation sites (tertiary alicyclic amines) is 1. The number of nitrogens with zero attached hydrogens (tertiary/aromatic N) is 2. The van der Waals surface area contributed by atoms with Crippen molar-refractivity contribution in [2.75, 3.05) is 19.6 Å². The Bertz CT molecular complexity index is 828. The Balaban J connectivity index is 1.48. The summed E-state index contributed by atoms with van der Waals surface area (Å²) in [5, 5.41) is 0. The smallest absolute Gasteiger partial charge is 0.104 e. The molecule has 1 saturated heterocycles. The van der Waals surface area contributed by atoms with Gasteiger partial charge in [0.15, 0.2) is 0 Å². The van der Waals surface area contributed by atoms with Crippen LogP contribution in [0.2, 0.25) is 0 Å². The van der Waals surface area contributed by atoms with Gasteiger partial charge >= 0.3 is 0 Å². The molecular formula is C23H31N3O. The molecule has 2 aliphatic heterocycles. The first-order valence-electron chi connectivity index (χ1n) is 10.1. The quantitative estimate of drug-likeness (QED) is 0.858. The highest BCUT2D eigenvalue weighted by Crippen LogP contribution is 2.50. The van der Waals surface area contributed by atoms with Crippen molar-refractivity contribution in [2.24, 2.45) is 11.1 Å². The number of rotatable bonds is 3. The molecule has 0 radical (unpaired) electrons. The van der Waals surface area contributed by atoms with Crippen LogP contribution in [0.3, 0.4) is 0 Å². The van der Waals surface area contributed by atoms with Crippen molar-refractivity contribution < 1.29 is 4.74 Å². The third-order valence-electron chi connectivity index (χ3n) is 6.76. The molecule has 1 fully saturated rings. The Morgan fingerprint density at radius 1 is 1.15 bits per heavy atom. The SMILES string of the molecule is CC1=C(C)C2=C(N)C(C)(CN3CCC(c4ccncc4)CC3)CC2=C(C)O1. The molecule has 0 spiro atoms. The average Bonchev–Trinajstić information content (AvgIpc) is 2.93. The highest BCUT2D eigenvalue weighted by Gasteiger charge is 2.43. The van der Waals surface area contributed by atoms with Crippen molar-refractivity contribution in [3.8, 4) is 0 Å². The van der Waals surface area contributed by atoms with Crippen LogP contribution in [-0.2, 0) is 4.74 Å². The van der Waals surface area contributed by atoms with E-state index in [1.54, 1.807) is 0 Å². The summed E-state index contributed by atoms with van der Waals surface area (Å²) in [5.74, 6) is 2.66. The molecule has 3 aliphatic rings. The molecule has 4 heteroatoms. The standard InChI is InChI=1S/C23H31N3O/c1-15-16(2)27-17(3)20-13-23(4,22(24)21(15)20)14-26-11-7-19(8-12-26)18-5-9-25-10-6-18/h5-6,9-10,19H,7-8,11-14,24H2,1-4H3. The van der Waals surface area contributed by atoms with Gasteiger partial charge in [-0.05, 0) is 82.3 Å². The van der Waals surface area contributed by atoms with Crippen molar-refractivity contribution in [2.45, 2.75) is 52.9 Å². The Morgan fingerprint density at radius 2 is 1.81 bits per heavy atom. The molecule has 27 heavy (non-hydrogen) atoms. The molecule has 1 unspecified atom stereocenters. The van der Waals surface area contributed by atoms with Crippen LogP contribution in [0.15, 0.2) is 58.5 Å². The van der Waals surface area contributed by atoms with Crippen LogP contribution in [0.25, 0.3) is 0 Å². The molecule has 0 saturated carbocycles. The van der Waals surface area contributed by atoms with E-state index in [1.807, 2.05) is 19.3 Å². The lowest BCUT2D eigenvalue weighted by Crippen LogP contribution is -2.42. The molecular weight excluding hydrogens is 334 g/mol. The maximum absolute atomic E-state index is 6.74. The highest BCUT2D eigenvalue weighted by molar-refractivity contribution is 5.58. The predicted octanol–water partition coefficient (Wildman–Crippen LogP) is 4.48. The van der Waals surface area contributed by atoms with E-state index in [-0.39, 0.29) is 5.41 Å². The Morgan fingerprint density at radius 3 is 2.48 bits per heavy atom. The monoisotopic (exact) mass is 365 g/mol. The molecule has 0 aromatic carbocycles. The minimum absolute atomic E-state index is 0.00926. The van der Waals surface area contributed by atoms with Gasteiger partial charge in [0, 0.05) is 41.2 Å². The third-order valence-corrected chi connectivity index (χ3v) is 6.76. The number of hydrogen-bond donors (Lipinski definition) is 1. The van der Waals surface area contributed by atoms with Crippen LogP contribution in [0, 0.1) is 5.41 Å². The fraction of sp³-hybridized carbons (Fsp3) is 0.522. The summed E-state index contributed by atoms with van der Waals surface area (Å²) in [6.45, 7) is 11.9. The van der Waals surface area contributed by atoms with Crippen LogP contribution in [0.1, 0.15) is 58.4 Å². The normalized spacial score (nSPS) is 27.3. The molecule has 1 atom stereocenters. The zero-order valence-electron chi connectivity index (χ0n) is 17.0. The minimum Gasteiger partial charge on any atom is -0.466 e. The van der Waals surface area contributed by atoms with Crippen molar-refractivity contribution in [3.05, 3.63) is 64.0 Å². The lowest BCUT2D eigenvalue weighted by atomic mass is 9.84. The third kappa shape index (κ3) is 3.20. The van der Waals surface area contributed by atoms with E-state index in [0.29, 0.717) is 5.92 Å². The van der Waals surface area contributed by atoms with Crippen LogP contribution in [-0.4, -0.2) is 29.5 Å². The summed E-state index contributed by atoms with van der Waals surface area (Å²) in [4.78, 5) is 6.75. The van der Waals surface area contributed by atoms with Gasteiger partial charge in [0.1, 0.15) is 11.5 Å². The van der Waals surface area contributed by atoms with E-state index in [0.717, 1.165) is 43.3 Å². The van der Waals surface area contributed by atoms with Gasteiger partial charge in [0.2, 0.25) is 0 Å². The van der Waals surface area contributed by atoms with Gasteiger partial charge in [0.05, 0.1) is 0 Å². The zero-order chi connectivity index (χ0) is 19.2. The van der Waals surface area contributed by atoms with E-state index in [9.17, 15) is 0 Å². The van der Waals surface area contributed by atoms with Crippen molar-refractivity contribution in [1.82, 2.24) is 9.88 Å². The minimum atomic E-state index is -0.00926. The van der Waals surface area contributed by atoms with E-state index in [1.165, 1.54) is 35.1 Å². The summed E-state index contributed by atoms with van der Waals surface area (Å²) in [6, 6.07) is 4.33. The summed E-state index contributed by atoms with van der Waals surface area (Å²) >= 11 is 0. The highest BCUT2D eigenvalue weighted by atomic mass is 16.5. The number of nitrogens with two attached hydrogens (primary N) is 1. The van der Waals surface area contributed by atoms with Gasteiger partial charge in [-0.25, -0.2) is 0 Å². The van der Waals surface area contributed by atoms with E-state index in [4.69, 9.17) is 10.5 Å². The maximum atomic E-state index is 6.74. The lowest BCUT2D eigenvalue weighted by molar-refractivity contribution is 0.155. The van der Waals surface area contributed by atoms with E-state index in [2.05, 4.69) is 42.8 Å².